The van der Waals surface area contributed by atoms with Gasteiger partial charge >= 0.3 is 0 Å². The van der Waals surface area contributed by atoms with Gasteiger partial charge in [-0.2, -0.15) is 0 Å². The van der Waals surface area contributed by atoms with Gasteiger partial charge in [-0.25, -0.2) is 15.0 Å². The summed E-state index contributed by atoms with van der Waals surface area (Å²) in [6, 6.07) is 79.5. The molecule has 0 saturated heterocycles. The zero-order chi connectivity index (χ0) is 42.2. The van der Waals surface area contributed by atoms with Crippen LogP contribution in [0.4, 0.5) is 0 Å². The van der Waals surface area contributed by atoms with Gasteiger partial charge in [0, 0.05) is 49.5 Å². The van der Waals surface area contributed by atoms with Gasteiger partial charge in [-0.05, 0) is 57.6 Å². The van der Waals surface area contributed by atoms with Crippen LogP contribution in [-0.4, -0.2) is 15.0 Å². The Labute approximate surface area is 370 Å². The molecule has 0 fully saturated rings. The van der Waals surface area contributed by atoms with Gasteiger partial charge < -0.3 is 4.74 Å². The molecule has 0 amide bonds. The third kappa shape index (κ3) is 5.46. The molecule has 298 valence electrons. The van der Waals surface area contributed by atoms with Crippen molar-refractivity contribution in [1.29, 1.82) is 0 Å². The van der Waals surface area contributed by atoms with Gasteiger partial charge in [0.25, 0.3) is 0 Å². The SMILES string of the molecule is c1ccc(-c2cc(-c3ccc(-c4ccc5c(c4)C4(c6ccccc6-c6ccccc64)c4ccc6c(-c7ccccc7)nc7ccccc7c6c4O5)cc3)nc(-c3ccccc3)n2)cc1. The van der Waals surface area contributed by atoms with Crippen LogP contribution in [0.5, 0.6) is 11.5 Å². The van der Waals surface area contributed by atoms with E-state index >= 15 is 0 Å². The molecule has 0 bridgehead atoms. The Kier molecular flexibility index (Phi) is 8.09. The fourth-order valence-electron chi connectivity index (χ4n) is 10.3. The Balaban J connectivity index is 1.00. The van der Waals surface area contributed by atoms with Crippen molar-refractivity contribution >= 4 is 21.7 Å². The van der Waals surface area contributed by atoms with Crippen molar-refractivity contribution in [2.45, 2.75) is 5.41 Å². The molecule has 0 N–H and O–H groups in total. The van der Waals surface area contributed by atoms with Crippen LogP contribution in [0, 0.1) is 0 Å². The highest BCUT2D eigenvalue weighted by atomic mass is 16.5. The number of para-hydroxylation sites is 1. The maximum absolute atomic E-state index is 7.33. The highest BCUT2D eigenvalue weighted by molar-refractivity contribution is 6.15. The quantitative estimate of drug-likeness (QED) is 0.162. The number of pyridine rings is 1. The van der Waals surface area contributed by atoms with Crippen LogP contribution in [-0.2, 0) is 5.41 Å². The van der Waals surface area contributed by atoms with Crippen molar-refractivity contribution in [3.63, 3.8) is 0 Å². The van der Waals surface area contributed by atoms with Crippen molar-refractivity contribution in [3.8, 4) is 78.9 Å². The minimum atomic E-state index is -0.653. The van der Waals surface area contributed by atoms with Gasteiger partial charge in [0.15, 0.2) is 5.82 Å². The average Bonchev–Trinajstić information content (AvgIpc) is 3.67. The van der Waals surface area contributed by atoms with Gasteiger partial charge in [-0.15, -0.1) is 0 Å². The molecule has 0 unspecified atom stereocenters. The summed E-state index contributed by atoms with van der Waals surface area (Å²) in [6.45, 7) is 0. The second-order valence-corrected chi connectivity index (χ2v) is 16.6. The van der Waals surface area contributed by atoms with E-state index < -0.39 is 5.41 Å². The van der Waals surface area contributed by atoms with Crippen LogP contribution in [0.25, 0.3) is 89.1 Å². The molecule has 1 aliphatic heterocycles. The maximum Gasteiger partial charge on any atom is 0.160 e. The molecule has 1 aliphatic carbocycles. The number of fused-ring (bicyclic) bond motifs is 13. The number of hydrogen-bond acceptors (Lipinski definition) is 4. The second kappa shape index (κ2) is 14.3. The lowest BCUT2D eigenvalue weighted by Gasteiger charge is -2.40. The topological polar surface area (TPSA) is 47.9 Å². The fourth-order valence-corrected chi connectivity index (χ4v) is 10.3. The number of aromatic nitrogens is 3. The zero-order valence-corrected chi connectivity index (χ0v) is 34.6. The van der Waals surface area contributed by atoms with Crippen molar-refractivity contribution in [1.82, 2.24) is 15.0 Å². The Morgan fingerprint density at radius 1 is 0.344 bits per heavy atom. The first-order valence-corrected chi connectivity index (χ1v) is 21.8. The lowest BCUT2D eigenvalue weighted by atomic mass is 9.65. The summed E-state index contributed by atoms with van der Waals surface area (Å²) in [6.07, 6.45) is 0. The van der Waals surface area contributed by atoms with E-state index in [-0.39, 0.29) is 0 Å². The molecule has 1 spiro atoms. The normalized spacial score (nSPS) is 12.9. The van der Waals surface area contributed by atoms with E-state index in [2.05, 4.69) is 188 Å². The molecule has 4 nitrogen and oxygen atoms in total. The van der Waals surface area contributed by atoms with Gasteiger partial charge in [0.2, 0.25) is 0 Å². The third-order valence-corrected chi connectivity index (χ3v) is 13.2. The van der Waals surface area contributed by atoms with Gasteiger partial charge in [-0.1, -0.05) is 200 Å². The van der Waals surface area contributed by atoms with Crippen molar-refractivity contribution < 1.29 is 4.74 Å². The highest BCUT2D eigenvalue weighted by Gasteiger charge is 2.51. The summed E-state index contributed by atoms with van der Waals surface area (Å²) in [5, 5.41) is 3.21. The van der Waals surface area contributed by atoms with Gasteiger partial charge in [0.05, 0.1) is 28.0 Å². The molecule has 4 heteroatoms. The molecule has 0 radical (unpaired) electrons. The summed E-state index contributed by atoms with van der Waals surface area (Å²) >= 11 is 0. The summed E-state index contributed by atoms with van der Waals surface area (Å²) in [4.78, 5) is 15.4. The first-order valence-electron chi connectivity index (χ1n) is 21.8. The molecule has 0 atom stereocenters. The van der Waals surface area contributed by atoms with E-state index in [1.807, 2.05) is 36.4 Å². The van der Waals surface area contributed by atoms with Gasteiger partial charge in [-0.3, -0.25) is 0 Å². The summed E-state index contributed by atoms with van der Waals surface area (Å²) in [5.41, 5.74) is 16.6. The minimum absolute atomic E-state index is 0.653. The molecule has 13 rings (SSSR count). The van der Waals surface area contributed by atoms with Crippen LogP contribution in [0.15, 0.2) is 224 Å². The van der Waals surface area contributed by atoms with Crippen molar-refractivity contribution in [3.05, 3.63) is 247 Å². The lowest BCUT2D eigenvalue weighted by Crippen LogP contribution is -2.32. The van der Waals surface area contributed by atoms with E-state index in [1.54, 1.807) is 0 Å². The molecule has 2 aromatic heterocycles. The minimum Gasteiger partial charge on any atom is -0.456 e. The smallest absolute Gasteiger partial charge is 0.160 e. The molecule has 0 saturated carbocycles. The maximum atomic E-state index is 7.33. The predicted molar refractivity (Wildman–Crippen MR) is 259 cm³/mol. The van der Waals surface area contributed by atoms with Crippen LogP contribution in [0.3, 0.4) is 0 Å². The van der Waals surface area contributed by atoms with Crippen molar-refractivity contribution in [2.24, 2.45) is 0 Å². The Morgan fingerprint density at radius 3 is 1.58 bits per heavy atom. The van der Waals surface area contributed by atoms with Crippen LogP contribution < -0.4 is 4.74 Å². The number of hydrogen-bond donors (Lipinski definition) is 0. The lowest BCUT2D eigenvalue weighted by molar-refractivity contribution is 0.442. The van der Waals surface area contributed by atoms with E-state index in [0.717, 1.165) is 94.8 Å². The summed E-state index contributed by atoms with van der Waals surface area (Å²) < 4.78 is 7.33. The Bertz CT molecular complexity index is 3520. The predicted octanol–water partition coefficient (Wildman–Crippen LogP) is 15.0. The standard InChI is InChI=1S/C60H37N3O/c1-4-16-39(17-5-1)53-37-54(63-59(62-53)42-20-8-3-9-21-42)40-30-28-38(29-31-40)43-32-35-55-51(36-43)60(48-25-13-10-22-44(48)45-23-11-14-26-49(45)60)50-34-33-47-56(58(50)64-55)46-24-12-15-27-52(46)61-57(47)41-18-6-2-7-19-41/h1-37H. The summed E-state index contributed by atoms with van der Waals surface area (Å²) in [5.74, 6) is 2.42. The third-order valence-electron chi connectivity index (χ3n) is 13.2. The average molecular weight is 816 g/mol. The molecule has 11 aromatic rings. The highest BCUT2D eigenvalue weighted by Crippen LogP contribution is 2.64. The van der Waals surface area contributed by atoms with Crippen LogP contribution >= 0.6 is 0 Å². The van der Waals surface area contributed by atoms with Crippen LogP contribution in [0.1, 0.15) is 22.3 Å². The number of rotatable bonds is 5. The number of nitrogens with zero attached hydrogens (tertiary/aromatic N) is 3. The van der Waals surface area contributed by atoms with Crippen molar-refractivity contribution in [2.75, 3.05) is 0 Å². The van der Waals surface area contributed by atoms with E-state index in [0.29, 0.717) is 5.82 Å². The van der Waals surface area contributed by atoms with Gasteiger partial charge in [0.1, 0.15) is 11.5 Å². The van der Waals surface area contributed by atoms with E-state index in [1.165, 1.54) is 22.3 Å². The number of ether oxygens (including phenoxy) is 1. The molecule has 3 heterocycles. The summed E-state index contributed by atoms with van der Waals surface area (Å²) in [7, 11) is 0. The monoisotopic (exact) mass is 815 g/mol. The fraction of sp³-hybridized carbons (Fsp3) is 0.0167. The molecule has 64 heavy (non-hydrogen) atoms. The first-order chi connectivity index (χ1) is 31.7. The van der Waals surface area contributed by atoms with E-state index in [4.69, 9.17) is 19.7 Å². The molecule has 9 aromatic carbocycles. The molecular formula is C60H37N3O. The zero-order valence-electron chi connectivity index (χ0n) is 34.6. The Morgan fingerprint density at radius 2 is 0.891 bits per heavy atom. The molecular weight excluding hydrogens is 779 g/mol. The van der Waals surface area contributed by atoms with E-state index in [9.17, 15) is 0 Å². The first kappa shape index (κ1) is 36.2. The van der Waals surface area contributed by atoms with Crippen LogP contribution in [0.2, 0.25) is 0 Å². The molecule has 2 aliphatic rings. The number of benzene rings is 9. The largest absolute Gasteiger partial charge is 0.456 e. The second-order valence-electron chi connectivity index (χ2n) is 16.6. The Hall–Kier alpha value is -8.47.